The van der Waals surface area contributed by atoms with Crippen molar-refractivity contribution < 1.29 is 14.3 Å². The number of piperidine rings is 1. The number of carbonyl (C=O) groups is 2. The normalized spacial score (nSPS) is 20.2. The molecule has 2 heterocycles. The molecule has 0 bridgehead atoms. The van der Waals surface area contributed by atoms with Crippen LogP contribution in [0.15, 0.2) is 35.5 Å². The highest BCUT2D eigenvalue weighted by Gasteiger charge is 2.29. The molecular formula is C19H23N3O3S. The first kappa shape index (κ1) is 18.6. The first-order valence-corrected chi connectivity index (χ1v) is 9.84. The second-order valence-corrected chi connectivity index (χ2v) is 7.57. The Morgan fingerprint density at radius 1 is 1.19 bits per heavy atom. The molecule has 0 saturated carbocycles. The smallest absolute Gasteiger partial charge is 0.316 e. The molecule has 7 heteroatoms. The average molecular weight is 373 g/mol. The minimum atomic E-state index is -0.421. The lowest BCUT2D eigenvalue weighted by Gasteiger charge is -2.38. The predicted molar refractivity (Wildman–Crippen MR) is 101 cm³/mol. The third-order valence-electron chi connectivity index (χ3n) is 4.60. The van der Waals surface area contributed by atoms with E-state index in [4.69, 9.17) is 4.74 Å². The van der Waals surface area contributed by atoms with Crippen LogP contribution in [0.1, 0.15) is 33.1 Å². The number of aromatic nitrogens is 2. The SMILES string of the molecule is CC1CCCC(C)N1C(=O)COC(=O)CSc1cnc2ccccc2n1. The third-order valence-corrected chi connectivity index (χ3v) is 5.48. The van der Waals surface area contributed by atoms with Gasteiger partial charge >= 0.3 is 5.97 Å². The average Bonchev–Trinajstić information content (AvgIpc) is 2.64. The van der Waals surface area contributed by atoms with Crippen LogP contribution in [-0.2, 0) is 14.3 Å². The summed E-state index contributed by atoms with van der Waals surface area (Å²) in [6.45, 7) is 3.89. The van der Waals surface area contributed by atoms with E-state index in [1.54, 1.807) is 6.20 Å². The minimum Gasteiger partial charge on any atom is -0.455 e. The molecule has 26 heavy (non-hydrogen) atoms. The van der Waals surface area contributed by atoms with Crippen molar-refractivity contribution in [2.24, 2.45) is 0 Å². The van der Waals surface area contributed by atoms with Gasteiger partial charge in [0.2, 0.25) is 0 Å². The number of benzene rings is 1. The van der Waals surface area contributed by atoms with Crippen LogP contribution in [0.25, 0.3) is 11.0 Å². The molecule has 1 amide bonds. The van der Waals surface area contributed by atoms with Gasteiger partial charge in [-0.05, 0) is 45.2 Å². The molecule has 2 aromatic rings. The molecule has 1 aliphatic rings. The minimum absolute atomic E-state index is 0.103. The lowest BCUT2D eigenvalue weighted by Crippen LogP contribution is -2.49. The van der Waals surface area contributed by atoms with E-state index in [0.717, 1.165) is 30.3 Å². The van der Waals surface area contributed by atoms with Gasteiger partial charge < -0.3 is 9.64 Å². The molecular weight excluding hydrogens is 350 g/mol. The fourth-order valence-electron chi connectivity index (χ4n) is 3.31. The van der Waals surface area contributed by atoms with Gasteiger partial charge in [0, 0.05) is 12.1 Å². The summed E-state index contributed by atoms with van der Waals surface area (Å²) in [4.78, 5) is 34.9. The summed E-state index contributed by atoms with van der Waals surface area (Å²) in [7, 11) is 0. The number of hydrogen-bond donors (Lipinski definition) is 0. The zero-order chi connectivity index (χ0) is 18.5. The fourth-order valence-corrected chi connectivity index (χ4v) is 3.95. The van der Waals surface area contributed by atoms with Crippen LogP contribution in [0, 0.1) is 0 Å². The van der Waals surface area contributed by atoms with Crippen molar-refractivity contribution in [2.45, 2.75) is 50.2 Å². The van der Waals surface area contributed by atoms with Crippen LogP contribution in [0.5, 0.6) is 0 Å². The number of nitrogens with zero attached hydrogens (tertiary/aromatic N) is 3. The van der Waals surface area contributed by atoms with Gasteiger partial charge in [0.25, 0.3) is 5.91 Å². The van der Waals surface area contributed by atoms with E-state index in [9.17, 15) is 9.59 Å². The maximum absolute atomic E-state index is 12.4. The molecule has 2 unspecified atom stereocenters. The molecule has 1 fully saturated rings. The molecule has 1 aromatic carbocycles. The van der Waals surface area contributed by atoms with Crippen molar-refractivity contribution >= 4 is 34.7 Å². The lowest BCUT2D eigenvalue weighted by atomic mass is 9.97. The van der Waals surface area contributed by atoms with Gasteiger partial charge in [-0.2, -0.15) is 0 Å². The number of amides is 1. The molecule has 6 nitrogen and oxygen atoms in total. The first-order chi connectivity index (χ1) is 12.5. The van der Waals surface area contributed by atoms with Crippen LogP contribution in [0.2, 0.25) is 0 Å². The first-order valence-electron chi connectivity index (χ1n) is 8.86. The van der Waals surface area contributed by atoms with Gasteiger partial charge in [-0.1, -0.05) is 23.9 Å². The summed E-state index contributed by atoms with van der Waals surface area (Å²) in [6.07, 6.45) is 4.78. The van der Waals surface area contributed by atoms with Crippen molar-refractivity contribution in [1.82, 2.24) is 14.9 Å². The summed E-state index contributed by atoms with van der Waals surface area (Å²) in [6, 6.07) is 7.97. The van der Waals surface area contributed by atoms with Gasteiger partial charge in [-0.15, -0.1) is 0 Å². The Morgan fingerprint density at radius 3 is 2.62 bits per heavy atom. The summed E-state index contributed by atoms with van der Waals surface area (Å²) in [5.41, 5.74) is 1.60. The number of esters is 1. The highest BCUT2D eigenvalue weighted by molar-refractivity contribution is 7.99. The molecule has 3 rings (SSSR count). The van der Waals surface area contributed by atoms with Gasteiger partial charge in [0.1, 0.15) is 5.03 Å². The number of carbonyl (C=O) groups excluding carboxylic acids is 2. The summed E-state index contributed by atoms with van der Waals surface area (Å²) >= 11 is 1.26. The molecule has 0 spiro atoms. The van der Waals surface area contributed by atoms with Crippen molar-refractivity contribution in [3.05, 3.63) is 30.5 Å². The van der Waals surface area contributed by atoms with Gasteiger partial charge in [-0.25, -0.2) is 4.98 Å². The molecule has 1 aliphatic heterocycles. The predicted octanol–water partition coefficient (Wildman–Crippen LogP) is 3.05. The van der Waals surface area contributed by atoms with E-state index in [-0.39, 0.29) is 30.4 Å². The van der Waals surface area contributed by atoms with Crippen molar-refractivity contribution in [1.29, 1.82) is 0 Å². The van der Waals surface area contributed by atoms with Gasteiger partial charge in [0.15, 0.2) is 6.61 Å². The van der Waals surface area contributed by atoms with Gasteiger partial charge in [0.05, 0.1) is 23.0 Å². The van der Waals surface area contributed by atoms with Crippen LogP contribution in [-0.4, -0.2) is 51.2 Å². The summed E-state index contributed by atoms with van der Waals surface area (Å²) in [5.74, 6) is -0.435. The Balaban J connectivity index is 1.48. The Bertz CT molecular complexity index is 788. The number of likely N-dealkylation sites (tertiary alicyclic amines) is 1. The van der Waals surface area contributed by atoms with E-state index in [0.29, 0.717) is 5.03 Å². The third kappa shape index (κ3) is 4.52. The van der Waals surface area contributed by atoms with Crippen LogP contribution >= 0.6 is 11.8 Å². The topological polar surface area (TPSA) is 72.4 Å². The molecule has 0 N–H and O–H groups in total. The van der Waals surface area contributed by atoms with Crippen LogP contribution in [0.3, 0.4) is 0 Å². The van der Waals surface area contributed by atoms with Crippen LogP contribution in [0.4, 0.5) is 0 Å². The molecule has 138 valence electrons. The molecule has 2 atom stereocenters. The highest BCUT2D eigenvalue weighted by atomic mass is 32.2. The van der Waals surface area contributed by atoms with E-state index >= 15 is 0 Å². The lowest BCUT2D eigenvalue weighted by molar-refractivity contribution is -0.153. The number of hydrogen-bond acceptors (Lipinski definition) is 6. The molecule has 0 radical (unpaired) electrons. The zero-order valence-electron chi connectivity index (χ0n) is 15.1. The maximum Gasteiger partial charge on any atom is 0.316 e. The molecule has 1 saturated heterocycles. The van der Waals surface area contributed by atoms with Crippen molar-refractivity contribution in [3.8, 4) is 0 Å². The quantitative estimate of drug-likeness (QED) is 0.592. The number of fused-ring (bicyclic) bond motifs is 1. The van der Waals surface area contributed by atoms with E-state index < -0.39 is 5.97 Å². The molecule has 1 aromatic heterocycles. The van der Waals surface area contributed by atoms with E-state index in [2.05, 4.69) is 9.97 Å². The highest BCUT2D eigenvalue weighted by Crippen LogP contribution is 2.22. The fraction of sp³-hybridized carbons (Fsp3) is 0.474. The maximum atomic E-state index is 12.4. The van der Waals surface area contributed by atoms with Crippen LogP contribution < -0.4 is 0 Å². The Hall–Kier alpha value is -2.15. The molecule has 0 aliphatic carbocycles. The number of rotatable bonds is 5. The van der Waals surface area contributed by atoms with Crippen molar-refractivity contribution in [3.63, 3.8) is 0 Å². The Morgan fingerprint density at radius 2 is 1.88 bits per heavy atom. The number of ether oxygens (including phenoxy) is 1. The largest absolute Gasteiger partial charge is 0.455 e. The Kier molecular flexibility index (Phi) is 6.08. The van der Waals surface area contributed by atoms with Gasteiger partial charge in [-0.3, -0.25) is 14.6 Å². The second kappa shape index (κ2) is 8.49. The van der Waals surface area contributed by atoms with Crippen molar-refractivity contribution in [2.75, 3.05) is 12.4 Å². The monoisotopic (exact) mass is 373 g/mol. The van der Waals surface area contributed by atoms with E-state index in [1.165, 1.54) is 11.8 Å². The number of para-hydroxylation sites is 2. The second-order valence-electron chi connectivity index (χ2n) is 6.58. The summed E-state index contributed by atoms with van der Waals surface area (Å²) in [5, 5.41) is 0.658. The van der Waals surface area contributed by atoms with E-state index in [1.807, 2.05) is 43.0 Å². The zero-order valence-corrected chi connectivity index (χ0v) is 15.9. The summed E-state index contributed by atoms with van der Waals surface area (Å²) < 4.78 is 5.16. The number of thioether (sulfide) groups is 1. The Labute approximate surface area is 157 Å². The standard InChI is InChI=1S/C19H23N3O3S/c1-13-6-5-7-14(2)22(13)18(23)11-25-19(24)12-26-17-10-20-15-8-3-4-9-16(15)21-17/h3-4,8-10,13-14H,5-7,11-12H2,1-2H3.